The highest BCUT2D eigenvalue weighted by atomic mass is 79.9. The van der Waals surface area contributed by atoms with Gasteiger partial charge in [0.25, 0.3) is 5.91 Å². The van der Waals surface area contributed by atoms with E-state index in [-0.39, 0.29) is 5.91 Å². The Balaban J connectivity index is 2.38. The Bertz CT molecular complexity index is 450. The highest BCUT2D eigenvalue weighted by molar-refractivity contribution is 9.10. The zero-order chi connectivity index (χ0) is 13.1. The summed E-state index contributed by atoms with van der Waals surface area (Å²) >= 11 is 3.41. The minimum absolute atomic E-state index is 0.382. The van der Waals surface area contributed by atoms with E-state index in [0.717, 1.165) is 36.1 Å². The van der Waals surface area contributed by atoms with Crippen LogP contribution in [0, 0.1) is 0 Å². The average molecular weight is 312 g/mol. The molecule has 1 aliphatic heterocycles. The zero-order valence-corrected chi connectivity index (χ0v) is 12.0. The van der Waals surface area contributed by atoms with Gasteiger partial charge in [0.2, 0.25) is 0 Å². The molecule has 3 N–H and O–H groups in total. The van der Waals surface area contributed by atoms with Gasteiger partial charge in [-0.15, -0.1) is 0 Å². The summed E-state index contributed by atoms with van der Waals surface area (Å²) in [5, 5.41) is 3.20. The number of nitrogens with zero attached hydrogens (tertiary/aromatic N) is 1. The average Bonchev–Trinajstić information content (AvgIpc) is 2.76. The minimum atomic E-state index is -0.382. The van der Waals surface area contributed by atoms with Gasteiger partial charge in [0.1, 0.15) is 0 Å². The Morgan fingerprint density at radius 3 is 3.06 bits per heavy atom. The van der Waals surface area contributed by atoms with E-state index in [1.165, 1.54) is 0 Å². The number of amides is 1. The molecule has 1 heterocycles. The predicted octanol–water partition coefficient (Wildman–Crippen LogP) is 1.74. The van der Waals surface area contributed by atoms with Gasteiger partial charge in [-0.05, 0) is 48.0 Å². The molecule has 4 nitrogen and oxygen atoms in total. The van der Waals surface area contributed by atoms with Crippen LogP contribution in [-0.4, -0.2) is 32.1 Å². The number of hydrogen-bond acceptors (Lipinski definition) is 3. The molecule has 0 saturated carbocycles. The SMILES string of the molecule is CNCC1CCCN1c1cccc(Br)c1C(N)=O. The largest absolute Gasteiger partial charge is 0.367 e. The Kier molecular flexibility index (Phi) is 4.24. The van der Waals surface area contributed by atoms with Crippen molar-refractivity contribution in [1.29, 1.82) is 0 Å². The molecule has 98 valence electrons. The third kappa shape index (κ3) is 2.52. The molecular weight excluding hydrogens is 294 g/mol. The maximum Gasteiger partial charge on any atom is 0.251 e. The van der Waals surface area contributed by atoms with Gasteiger partial charge in [-0.2, -0.15) is 0 Å². The number of carbonyl (C=O) groups is 1. The van der Waals surface area contributed by atoms with Crippen molar-refractivity contribution in [3.8, 4) is 0 Å². The van der Waals surface area contributed by atoms with E-state index in [9.17, 15) is 4.79 Å². The molecule has 0 spiro atoms. The number of nitrogens with one attached hydrogen (secondary N) is 1. The number of halogens is 1. The van der Waals surface area contributed by atoms with Crippen LogP contribution in [0.3, 0.4) is 0 Å². The molecular formula is C13H18BrN3O. The van der Waals surface area contributed by atoms with Crippen LogP contribution < -0.4 is 16.0 Å². The number of carbonyl (C=O) groups excluding carboxylic acids is 1. The lowest BCUT2D eigenvalue weighted by Crippen LogP contribution is -2.38. The second kappa shape index (κ2) is 5.71. The number of likely N-dealkylation sites (N-methyl/N-ethyl adjacent to an activating group) is 1. The molecule has 2 rings (SSSR count). The smallest absolute Gasteiger partial charge is 0.251 e. The zero-order valence-electron chi connectivity index (χ0n) is 10.4. The summed E-state index contributed by atoms with van der Waals surface area (Å²) in [5.74, 6) is -0.382. The van der Waals surface area contributed by atoms with Crippen molar-refractivity contribution in [1.82, 2.24) is 5.32 Å². The van der Waals surface area contributed by atoms with Crippen molar-refractivity contribution >= 4 is 27.5 Å². The van der Waals surface area contributed by atoms with Crippen LogP contribution in [-0.2, 0) is 0 Å². The summed E-state index contributed by atoms with van der Waals surface area (Å²) in [6.45, 7) is 1.90. The Morgan fingerprint density at radius 1 is 1.61 bits per heavy atom. The first-order valence-electron chi connectivity index (χ1n) is 6.14. The van der Waals surface area contributed by atoms with E-state index in [2.05, 4.69) is 26.1 Å². The van der Waals surface area contributed by atoms with Crippen LogP contribution in [0.15, 0.2) is 22.7 Å². The number of hydrogen-bond donors (Lipinski definition) is 2. The molecule has 0 aliphatic carbocycles. The number of primary amides is 1. The molecule has 0 bridgehead atoms. The van der Waals surface area contributed by atoms with E-state index in [0.29, 0.717) is 11.6 Å². The number of nitrogens with two attached hydrogens (primary N) is 1. The van der Waals surface area contributed by atoms with Gasteiger partial charge in [-0.25, -0.2) is 0 Å². The fourth-order valence-corrected chi connectivity index (χ4v) is 3.15. The summed E-state index contributed by atoms with van der Waals surface area (Å²) in [6, 6.07) is 6.20. The van der Waals surface area contributed by atoms with Crippen molar-refractivity contribution in [2.45, 2.75) is 18.9 Å². The van der Waals surface area contributed by atoms with Crippen LogP contribution in [0.4, 0.5) is 5.69 Å². The van der Waals surface area contributed by atoms with Gasteiger partial charge in [-0.1, -0.05) is 6.07 Å². The molecule has 1 aromatic rings. The maximum absolute atomic E-state index is 11.6. The first-order chi connectivity index (χ1) is 8.65. The van der Waals surface area contributed by atoms with Gasteiger partial charge in [0.05, 0.1) is 11.3 Å². The predicted molar refractivity (Wildman–Crippen MR) is 77.0 cm³/mol. The van der Waals surface area contributed by atoms with E-state index < -0.39 is 0 Å². The Labute approximate surface area is 116 Å². The minimum Gasteiger partial charge on any atom is -0.367 e. The number of rotatable bonds is 4. The van der Waals surface area contributed by atoms with E-state index in [1.807, 2.05) is 25.2 Å². The van der Waals surface area contributed by atoms with Crippen molar-refractivity contribution < 1.29 is 4.79 Å². The van der Waals surface area contributed by atoms with Gasteiger partial charge < -0.3 is 16.0 Å². The topological polar surface area (TPSA) is 58.4 Å². The van der Waals surface area contributed by atoms with E-state index in [1.54, 1.807) is 0 Å². The fourth-order valence-electron chi connectivity index (χ4n) is 2.60. The van der Waals surface area contributed by atoms with Crippen molar-refractivity contribution in [3.63, 3.8) is 0 Å². The Morgan fingerprint density at radius 2 is 2.39 bits per heavy atom. The summed E-state index contributed by atoms with van der Waals surface area (Å²) in [7, 11) is 1.95. The Hall–Kier alpha value is -1.07. The summed E-state index contributed by atoms with van der Waals surface area (Å²) in [6.07, 6.45) is 2.29. The molecule has 18 heavy (non-hydrogen) atoms. The van der Waals surface area contributed by atoms with Crippen LogP contribution in [0.25, 0.3) is 0 Å². The molecule has 5 heteroatoms. The molecule has 1 atom stereocenters. The van der Waals surface area contributed by atoms with Crippen LogP contribution in [0.5, 0.6) is 0 Å². The molecule has 1 fully saturated rings. The first kappa shape index (κ1) is 13.4. The van der Waals surface area contributed by atoms with Gasteiger partial charge in [0.15, 0.2) is 0 Å². The lowest BCUT2D eigenvalue weighted by molar-refractivity contribution is 0.1000. The molecule has 1 aliphatic rings. The van der Waals surface area contributed by atoms with Crippen molar-refractivity contribution in [3.05, 3.63) is 28.2 Å². The molecule has 1 aromatic carbocycles. The summed E-state index contributed by atoms with van der Waals surface area (Å²) < 4.78 is 0.766. The molecule has 1 unspecified atom stereocenters. The molecule has 0 aromatic heterocycles. The quantitative estimate of drug-likeness (QED) is 0.890. The number of benzene rings is 1. The normalized spacial score (nSPS) is 19.2. The van der Waals surface area contributed by atoms with Gasteiger partial charge >= 0.3 is 0 Å². The molecule has 1 amide bonds. The van der Waals surface area contributed by atoms with Crippen molar-refractivity contribution in [2.24, 2.45) is 5.73 Å². The maximum atomic E-state index is 11.6. The summed E-state index contributed by atoms with van der Waals surface area (Å²) in [5.41, 5.74) is 7.01. The van der Waals surface area contributed by atoms with Crippen LogP contribution >= 0.6 is 15.9 Å². The van der Waals surface area contributed by atoms with E-state index >= 15 is 0 Å². The second-order valence-electron chi connectivity index (χ2n) is 4.55. The highest BCUT2D eigenvalue weighted by Crippen LogP contribution is 2.32. The standard InChI is InChI=1S/C13H18BrN3O/c1-16-8-9-4-3-7-17(9)11-6-2-5-10(14)12(11)13(15)18/h2,5-6,9,16H,3-4,7-8H2,1H3,(H2,15,18). The van der Waals surface area contributed by atoms with Gasteiger partial charge in [-0.3, -0.25) is 4.79 Å². The third-order valence-corrected chi connectivity index (χ3v) is 4.03. The van der Waals surface area contributed by atoms with Crippen molar-refractivity contribution in [2.75, 3.05) is 25.0 Å². The molecule has 0 radical (unpaired) electrons. The molecule has 1 saturated heterocycles. The highest BCUT2D eigenvalue weighted by Gasteiger charge is 2.27. The lowest BCUT2D eigenvalue weighted by atomic mass is 10.1. The fraction of sp³-hybridized carbons (Fsp3) is 0.462. The summed E-state index contributed by atoms with van der Waals surface area (Å²) in [4.78, 5) is 13.9. The third-order valence-electron chi connectivity index (χ3n) is 3.36. The lowest BCUT2D eigenvalue weighted by Gasteiger charge is -2.28. The first-order valence-corrected chi connectivity index (χ1v) is 6.94. The monoisotopic (exact) mass is 311 g/mol. The van der Waals surface area contributed by atoms with Crippen LogP contribution in [0.2, 0.25) is 0 Å². The van der Waals surface area contributed by atoms with Crippen LogP contribution in [0.1, 0.15) is 23.2 Å². The van der Waals surface area contributed by atoms with Gasteiger partial charge in [0, 0.05) is 23.6 Å². The number of anilines is 1. The van der Waals surface area contributed by atoms with E-state index in [4.69, 9.17) is 5.73 Å². The second-order valence-corrected chi connectivity index (χ2v) is 5.40.